The largest absolute Gasteiger partial charge is 0.497 e. The Morgan fingerprint density at radius 1 is 0.889 bits per heavy atom. The molecule has 1 aromatic heterocycles. The molecule has 0 radical (unpaired) electrons. The van der Waals surface area contributed by atoms with Crippen molar-refractivity contribution in [2.75, 3.05) is 7.11 Å². The Labute approximate surface area is 205 Å². The van der Waals surface area contributed by atoms with E-state index in [9.17, 15) is 22.8 Å². The number of Topliss-reactive ketones (excluding diaryl/α,β-unsaturated/α-hetero) is 1. The first-order chi connectivity index (χ1) is 17.1. The lowest BCUT2D eigenvalue weighted by atomic mass is 9.84. The third-order valence-electron chi connectivity index (χ3n) is 6.11. The number of ketones is 1. The summed E-state index contributed by atoms with van der Waals surface area (Å²) >= 11 is 0. The van der Waals surface area contributed by atoms with E-state index in [0.717, 1.165) is 16.8 Å². The van der Waals surface area contributed by atoms with Gasteiger partial charge in [-0.25, -0.2) is 4.68 Å². The molecule has 1 unspecified atom stereocenters. The summed E-state index contributed by atoms with van der Waals surface area (Å²) in [6, 6.07) is 23.2. The highest BCUT2D eigenvalue weighted by Crippen LogP contribution is 2.31. The molecule has 4 rings (SSSR count). The van der Waals surface area contributed by atoms with Gasteiger partial charge in [0.15, 0.2) is 5.78 Å². The van der Waals surface area contributed by atoms with Gasteiger partial charge in [0.2, 0.25) is 0 Å². The summed E-state index contributed by atoms with van der Waals surface area (Å²) in [5, 5.41) is 4.55. The number of carbonyl (C=O) groups excluding carboxylic acids is 1. The second-order valence-corrected chi connectivity index (χ2v) is 8.43. The van der Waals surface area contributed by atoms with Crippen LogP contribution in [0.2, 0.25) is 0 Å². The maximum absolute atomic E-state index is 13.8. The van der Waals surface area contributed by atoms with Crippen molar-refractivity contribution in [3.8, 4) is 17.0 Å². The van der Waals surface area contributed by atoms with Gasteiger partial charge in [0.05, 0.1) is 18.4 Å². The third-order valence-corrected chi connectivity index (χ3v) is 6.11. The molecule has 0 spiro atoms. The molecule has 4 aromatic rings. The van der Waals surface area contributed by atoms with Crippen LogP contribution in [-0.2, 0) is 22.9 Å². The van der Waals surface area contributed by atoms with Crippen molar-refractivity contribution in [2.24, 2.45) is 0 Å². The molecule has 0 amide bonds. The maximum Gasteiger partial charge on any atom is 0.416 e. The van der Waals surface area contributed by atoms with Crippen LogP contribution in [0.5, 0.6) is 5.75 Å². The number of alkyl halides is 3. The summed E-state index contributed by atoms with van der Waals surface area (Å²) in [4.78, 5) is 26.8. The Bertz CT molecular complexity index is 1430. The van der Waals surface area contributed by atoms with E-state index in [1.807, 2.05) is 6.07 Å². The van der Waals surface area contributed by atoms with Crippen molar-refractivity contribution in [3.05, 3.63) is 118 Å². The van der Waals surface area contributed by atoms with E-state index in [-0.39, 0.29) is 6.42 Å². The van der Waals surface area contributed by atoms with Gasteiger partial charge in [0.25, 0.3) is 5.56 Å². The van der Waals surface area contributed by atoms with Crippen LogP contribution in [0, 0.1) is 0 Å². The number of halogens is 3. The van der Waals surface area contributed by atoms with Crippen molar-refractivity contribution >= 4 is 5.78 Å². The molecule has 1 atom stereocenters. The predicted octanol–water partition coefficient (Wildman–Crippen LogP) is 5.51. The molecule has 0 aliphatic heterocycles. The summed E-state index contributed by atoms with van der Waals surface area (Å²) in [5.41, 5.74) is -0.740. The lowest BCUT2D eigenvalue weighted by molar-refractivity contribution is -0.137. The van der Waals surface area contributed by atoms with Gasteiger partial charge >= 0.3 is 6.18 Å². The van der Waals surface area contributed by atoms with Crippen LogP contribution in [0.4, 0.5) is 13.2 Å². The fourth-order valence-corrected chi connectivity index (χ4v) is 4.00. The van der Waals surface area contributed by atoms with Crippen LogP contribution in [0.25, 0.3) is 11.3 Å². The van der Waals surface area contributed by atoms with Gasteiger partial charge in [-0.1, -0.05) is 54.6 Å². The number of carbonyl (C=O) groups is 1. The molecule has 0 N–H and O–H groups in total. The summed E-state index contributed by atoms with van der Waals surface area (Å²) in [7, 11) is 1.54. The minimum Gasteiger partial charge on any atom is -0.497 e. The zero-order chi connectivity index (χ0) is 25.9. The molecule has 0 saturated carbocycles. The number of ether oxygens (including phenoxy) is 1. The summed E-state index contributed by atoms with van der Waals surface area (Å²) in [5.74, 6) is 0.210. The molecule has 0 aliphatic rings. The van der Waals surface area contributed by atoms with Gasteiger partial charge in [0.1, 0.15) is 11.3 Å². The Kier molecular flexibility index (Phi) is 6.79. The topological polar surface area (TPSA) is 61.2 Å². The average Bonchev–Trinajstić information content (AvgIpc) is 2.88. The number of nitrogens with zero attached hydrogens (tertiary/aromatic N) is 2. The van der Waals surface area contributed by atoms with Gasteiger partial charge < -0.3 is 4.74 Å². The van der Waals surface area contributed by atoms with Gasteiger partial charge in [-0.05, 0) is 48.4 Å². The van der Waals surface area contributed by atoms with E-state index < -0.39 is 28.6 Å². The standard InChI is InChI=1S/C28H23F3N2O3/c1-27(21-8-4-3-5-9-21,25(34)17-19-11-13-22(14-12-19)28(29,30)31)33-26(35)16-15-24(32-33)20-7-6-10-23(18-20)36-2/h3-16,18H,17H2,1-2H3. The van der Waals surface area contributed by atoms with Crippen molar-refractivity contribution in [3.63, 3.8) is 0 Å². The summed E-state index contributed by atoms with van der Waals surface area (Å²) in [6.07, 6.45) is -4.67. The second-order valence-electron chi connectivity index (χ2n) is 8.43. The van der Waals surface area contributed by atoms with Gasteiger partial charge in [0, 0.05) is 18.1 Å². The fraction of sp³-hybridized carbons (Fsp3) is 0.179. The molecule has 5 nitrogen and oxygen atoms in total. The lowest BCUT2D eigenvalue weighted by Crippen LogP contribution is -2.48. The van der Waals surface area contributed by atoms with E-state index in [1.54, 1.807) is 68.6 Å². The molecule has 0 bridgehead atoms. The smallest absolute Gasteiger partial charge is 0.416 e. The monoisotopic (exact) mass is 492 g/mol. The highest BCUT2D eigenvalue weighted by atomic mass is 19.4. The Hall–Kier alpha value is -4.20. The van der Waals surface area contributed by atoms with Crippen molar-refractivity contribution in [1.29, 1.82) is 0 Å². The number of benzene rings is 3. The van der Waals surface area contributed by atoms with Crippen molar-refractivity contribution < 1.29 is 22.7 Å². The molecule has 1 heterocycles. The quantitative estimate of drug-likeness (QED) is 0.341. The van der Waals surface area contributed by atoms with Crippen molar-refractivity contribution in [1.82, 2.24) is 9.78 Å². The Balaban J connectivity index is 1.80. The molecular weight excluding hydrogens is 469 g/mol. The first-order valence-corrected chi connectivity index (χ1v) is 11.1. The van der Waals surface area contributed by atoms with Gasteiger partial charge in [-0.15, -0.1) is 0 Å². The second kappa shape index (κ2) is 9.81. The van der Waals surface area contributed by atoms with Crippen molar-refractivity contribution in [2.45, 2.75) is 25.1 Å². The van der Waals surface area contributed by atoms with E-state index in [4.69, 9.17) is 4.74 Å². The first kappa shape index (κ1) is 24.9. The van der Waals surface area contributed by atoms with Gasteiger partial charge in [-0.2, -0.15) is 18.3 Å². The number of methoxy groups -OCH3 is 1. The van der Waals surface area contributed by atoms with Crippen LogP contribution in [-0.4, -0.2) is 22.7 Å². The Morgan fingerprint density at radius 3 is 2.22 bits per heavy atom. The Morgan fingerprint density at radius 2 is 1.58 bits per heavy atom. The SMILES string of the molecule is COc1cccc(-c2ccc(=O)n(C(C)(C(=O)Cc3ccc(C(F)(F)F)cc3)c3ccccc3)n2)c1. The van der Waals surface area contributed by atoms with Crippen LogP contribution in [0.15, 0.2) is 95.8 Å². The number of aromatic nitrogens is 2. The van der Waals surface area contributed by atoms with Crippen LogP contribution in [0.3, 0.4) is 0 Å². The molecule has 0 aliphatic carbocycles. The zero-order valence-corrected chi connectivity index (χ0v) is 19.6. The molecule has 8 heteroatoms. The van der Waals surface area contributed by atoms with E-state index >= 15 is 0 Å². The fourth-order valence-electron chi connectivity index (χ4n) is 4.00. The molecule has 184 valence electrons. The minimum absolute atomic E-state index is 0.193. The van der Waals surface area contributed by atoms with Gasteiger partial charge in [-0.3, -0.25) is 9.59 Å². The first-order valence-electron chi connectivity index (χ1n) is 11.1. The predicted molar refractivity (Wildman–Crippen MR) is 130 cm³/mol. The molecule has 3 aromatic carbocycles. The maximum atomic E-state index is 13.8. The third kappa shape index (κ3) is 4.93. The van der Waals surface area contributed by atoms with E-state index in [1.165, 1.54) is 18.2 Å². The molecular formula is C28H23F3N2O3. The highest BCUT2D eigenvalue weighted by molar-refractivity contribution is 5.91. The van der Waals surface area contributed by atoms with Crippen LogP contribution < -0.4 is 10.3 Å². The van der Waals surface area contributed by atoms with E-state index in [0.29, 0.717) is 28.1 Å². The minimum atomic E-state index is -4.47. The van der Waals surface area contributed by atoms with E-state index in [2.05, 4.69) is 5.10 Å². The van der Waals surface area contributed by atoms with Crippen LogP contribution in [0.1, 0.15) is 23.6 Å². The normalized spacial score (nSPS) is 13.1. The highest BCUT2D eigenvalue weighted by Gasteiger charge is 2.39. The summed E-state index contributed by atoms with van der Waals surface area (Å²) < 4.78 is 45.3. The number of hydrogen-bond donors (Lipinski definition) is 0. The van der Waals surface area contributed by atoms with Crippen LogP contribution >= 0.6 is 0 Å². The lowest BCUT2D eigenvalue weighted by Gasteiger charge is -2.30. The molecule has 0 saturated heterocycles. The average molecular weight is 492 g/mol. The molecule has 0 fully saturated rings. The number of hydrogen-bond acceptors (Lipinski definition) is 4. The molecule has 36 heavy (non-hydrogen) atoms. The summed E-state index contributed by atoms with van der Waals surface area (Å²) in [6.45, 7) is 1.60. The number of rotatable bonds is 7. The zero-order valence-electron chi connectivity index (χ0n) is 19.6.